The number of aliphatic carboxylic acids is 4. The number of carboxylic acid groups (broad SMARTS) is 4. The first-order chi connectivity index (χ1) is 16.9. The van der Waals surface area contributed by atoms with E-state index in [1.165, 1.54) is 12.1 Å². The van der Waals surface area contributed by atoms with Gasteiger partial charge in [0.2, 0.25) is 0 Å². The monoisotopic (exact) mass is 516 g/mol. The summed E-state index contributed by atoms with van der Waals surface area (Å²) < 4.78 is 0. The zero-order chi connectivity index (χ0) is 27.7. The SMILES string of the molecule is N[C@@H](CO)C(=O)O.N[C@@H](Cc1ccc(O)cc1)C(=O)O.O=C(O)[C@@H]1CCCN1.O=C(O)[C@@H]1CCCN1. The number of rotatable bonds is 7. The van der Waals surface area contributed by atoms with Gasteiger partial charge in [-0.3, -0.25) is 19.2 Å². The molecule has 0 radical (unpaired) electrons. The number of aliphatic hydroxyl groups excluding tert-OH is 1. The number of hydrogen-bond donors (Lipinski definition) is 10. The first-order valence-electron chi connectivity index (χ1n) is 11.2. The lowest BCUT2D eigenvalue weighted by molar-refractivity contribution is -0.140. The van der Waals surface area contributed by atoms with Gasteiger partial charge in [-0.2, -0.15) is 0 Å². The van der Waals surface area contributed by atoms with Crippen molar-refractivity contribution in [2.75, 3.05) is 19.7 Å². The Kier molecular flexibility index (Phi) is 16.4. The molecule has 0 aliphatic carbocycles. The van der Waals surface area contributed by atoms with E-state index in [1.807, 2.05) is 0 Å². The van der Waals surface area contributed by atoms with Crippen LogP contribution >= 0.6 is 0 Å². The first-order valence-corrected chi connectivity index (χ1v) is 11.2. The molecule has 2 saturated heterocycles. The minimum absolute atomic E-state index is 0.160. The van der Waals surface area contributed by atoms with Gasteiger partial charge in [0.25, 0.3) is 0 Å². The third-order valence-corrected chi connectivity index (χ3v) is 4.94. The number of phenolic OH excluding ortho intramolecular Hbond substituents is 1. The Balaban J connectivity index is 0.000000470. The number of nitrogens with one attached hydrogen (secondary N) is 2. The van der Waals surface area contributed by atoms with E-state index in [9.17, 15) is 19.2 Å². The summed E-state index contributed by atoms with van der Waals surface area (Å²) in [5, 5.41) is 55.8. The zero-order valence-corrected chi connectivity index (χ0v) is 19.7. The van der Waals surface area contributed by atoms with Crippen molar-refractivity contribution in [1.29, 1.82) is 0 Å². The molecule has 2 aliphatic rings. The van der Waals surface area contributed by atoms with Gasteiger partial charge >= 0.3 is 23.9 Å². The van der Waals surface area contributed by atoms with Crippen molar-refractivity contribution in [3.63, 3.8) is 0 Å². The van der Waals surface area contributed by atoms with Gasteiger partial charge < -0.3 is 52.7 Å². The van der Waals surface area contributed by atoms with E-state index in [0.717, 1.165) is 44.3 Å². The Labute approximate surface area is 207 Å². The molecule has 2 aliphatic heterocycles. The minimum Gasteiger partial charge on any atom is -0.508 e. The molecule has 1 aromatic carbocycles. The van der Waals surface area contributed by atoms with Crippen LogP contribution in [0.5, 0.6) is 5.75 Å². The third-order valence-electron chi connectivity index (χ3n) is 4.94. The van der Waals surface area contributed by atoms with Crippen LogP contribution in [0, 0.1) is 0 Å². The van der Waals surface area contributed by atoms with Crippen molar-refractivity contribution in [3.8, 4) is 5.75 Å². The molecule has 0 aromatic heterocycles. The van der Waals surface area contributed by atoms with E-state index in [2.05, 4.69) is 10.6 Å². The summed E-state index contributed by atoms with van der Waals surface area (Å²) in [6, 6.07) is 3.76. The molecular weight excluding hydrogens is 480 g/mol. The molecule has 204 valence electrons. The number of carboxylic acids is 4. The predicted octanol–water partition coefficient (Wildman–Crippen LogP) is -1.62. The maximum Gasteiger partial charge on any atom is 0.322 e. The van der Waals surface area contributed by atoms with Crippen LogP contribution in [0.1, 0.15) is 31.2 Å². The second-order valence-electron chi connectivity index (χ2n) is 7.92. The third kappa shape index (κ3) is 14.9. The van der Waals surface area contributed by atoms with Crippen LogP contribution in [0.3, 0.4) is 0 Å². The summed E-state index contributed by atoms with van der Waals surface area (Å²) >= 11 is 0. The normalized spacial score (nSPS) is 19.6. The van der Waals surface area contributed by atoms with E-state index >= 15 is 0 Å². The quantitative estimate of drug-likeness (QED) is 0.195. The molecule has 0 bridgehead atoms. The number of aromatic hydroxyl groups is 1. The second kappa shape index (κ2) is 18.0. The summed E-state index contributed by atoms with van der Waals surface area (Å²) in [5.74, 6) is -3.48. The second-order valence-corrected chi connectivity index (χ2v) is 7.92. The average Bonchev–Trinajstić information content (AvgIpc) is 3.56. The van der Waals surface area contributed by atoms with Crippen LogP contribution in [0.15, 0.2) is 24.3 Å². The van der Waals surface area contributed by atoms with Crippen LogP contribution in [-0.4, -0.2) is 98.4 Å². The lowest BCUT2D eigenvalue weighted by Crippen LogP contribution is -2.33. The highest BCUT2D eigenvalue weighted by molar-refractivity contribution is 5.74. The first kappa shape index (κ1) is 32.7. The molecule has 4 atom stereocenters. The number of carbonyl (C=O) groups is 4. The Bertz CT molecular complexity index is 784. The Hall–Kier alpha value is -3.30. The molecule has 0 unspecified atom stereocenters. The molecule has 0 spiro atoms. The largest absolute Gasteiger partial charge is 0.508 e. The van der Waals surface area contributed by atoms with Crippen molar-refractivity contribution >= 4 is 23.9 Å². The lowest BCUT2D eigenvalue weighted by Gasteiger charge is -2.05. The highest BCUT2D eigenvalue weighted by Crippen LogP contribution is 2.10. The standard InChI is InChI=1S/C9H11NO3.2C5H9NO2.C3H7NO3/c10-8(9(12)13)5-6-1-3-7(11)4-2-6;2*7-5(8)4-2-1-3-6-4;4-2(1-5)3(6)7/h1-4,8,11H,5,10H2,(H,12,13);2*4,6H,1-3H2,(H,7,8);2,5H,1,4H2,(H,6,7)/t8-;2*4-;2-/m0000/s1. The summed E-state index contributed by atoms with van der Waals surface area (Å²) in [6.07, 6.45) is 3.84. The van der Waals surface area contributed by atoms with Gasteiger partial charge in [0.1, 0.15) is 29.9 Å². The van der Waals surface area contributed by atoms with Crippen LogP contribution in [0.4, 0.5) is 0 Å². The van der Waals surface area contributed by atoms with Crippen molar-refractivity contribution in [2.45, 2.75) is 56.3 Å². The molecule has 2 heterocycles. The minimum atomic E-state index is -1.18. The zero-order valence-electron chi connectivity index (χ0n) is 19.7. The van der Waals surface area contributed by atoms with Crippen LogP contribution < -0.4 is 22.1 Å². The molecule has 14 nitrogen and oxygen atoms in total. The summed E-state index contributed by atoms with van der Waals surface area (Å²) in [5.41, 5.74) is 10.9. The number of hydrogen-bond acceptors (Lipinski definition) is 10. The summed E-state index contributed by atoms with van der Waals surface area (Å²) in [4.78, 5) is 40.3. The molecule has 14 heteroatoms. The van der Waals surface area contributed by atoms with Gasteiger partial charge in [0.15, 0.2) is 0 Å². The van der Waals surface area contributed by atoms with Gasteiger partial charge in [0, 0.05) is 0 Å². The molecule has 1 aromatic rings. The lowest BCUT2D eigenvalue weighted by atomic mass is 10.1. The summed E-state index contributed by atoms with van der Waals surface area (Å²) in [7, 11) is 0. The van der Waals surface area contributed by atoms with E-state index in [4.69, 9.17) is 42.1 Å². The van der Waals surface area contributed by atoms with Crippen molar-refractivity contribution in [1.82, 2.24) is 10.6 Å². The number of nitrogens with two attached hydrogens (primary N) is 2. The van der Waals surface area contributed by atoms with Crippen molar-refractivity contribution in [3.05, 3.63) is 29.8 Å². The molecule has 2 fully saturated rings. The van der Waals surface area contributed by atoms with E-state index in [1.54, 1.807) is 12.1 Å². The van der Waals surface area contributed by atoms with Crippen LogP contribution in [0.2, 0.25) is 0 Å². The predicted molar refractivity (Wildman–Crippen MR) is 127 cm³/mol. The fourth-order valence-electron chi connectivity index (χ4n) is 2.84. The van der Waals surface area contributed by atoms with Gasteiger partial charge in [-0.05, 0) is 62.9 Å². The number of aliphatic hydroxyl groups is 1. The average molecular weight is 517 g/mol. The molecule has 3 rings (SSSR count). The van der Waals surface area contributed by atoms with Crippen molar-refractivity contribution < 1.29 is 49.8 Å². The Morgan fingerprint density at radius 3 is 1.44 bits per heavy atom. The van der Waals surface area contributed by atoms with Gasteiger partial charge in [-0.25, -0.2) is 0 Å². The Morgan fingerprint density at radius 1 is 0.806 bits per heavy atom. The highest BCUT2D eigenvalue weighted by Gasteiger charge is 2.20. The van der Waals surface area contributed by atoms with Gasteiger partial charge in [-0.1, -0.05) is 12.1 Å². The van der Waals surface area contributed by atoms with E-state index < -0.39 is 42.6 Å². The van der Waals surface area contributed by atoms with E-state index in [0.29, 0.717) is 0 Å². The molecular formula is C22H36N4O10. The Morgan fingerprint density at radius 2 is 1.22 bits per heavy atom. The molecule has 0 saturated carbocycles. The van der Waals surface area contributed by atoms with Crippen LogP contribution in [-0.2, 0) is 25.6 Å². The van der Waals surface area contributed by atoms with Crippen molar-refractivity contribution in [2.24, 2.45) is 11.5 Å². The smallest absolute Gasteiger partial charge is 0.322 e. The van der Waals surface area contributed by atoms with Gasteiger partial charge in [0.05, 0.1) is 6.61 Å². The van der Waals surface area contributed by atoms with E-state index in [-0.39, 0.29) is 24.3 Å². The topological polar surface area (TPSA) is 266 Å². The number of benzene rings is 1. The maximum absolute atomic E-state index is 10.4. The number of phenols is 1. The summed E-state index contributed by atoms with van der Waals surface area (Å²) in [6.45, 7) is 1.21. The molecule has 36 heavy (non-hydrogen) atoms. The fourth-order valence-corrected chi connectivity index (χ4v) is 2.84. The highest BCUT2D eigenvalue weighted by atomic mass is 16.4. The van der Waals surface area contributed by atoms with Crippen LogP contribution in [0.25, 0.3) is 0 Å². The molecule has 12 N–H and O–H groups in total. The molecule has 0 amide bonds. The fraction of sp³-hybridized carbons (Fsp3) is 0.545. The van der Waals surface area contributed by atoms with Gasteiger partial charge in [-0.15, -0.1) is 0 Å². The maximum atomic E-state index is 10.4.